The third kappa shape index (κ3) is 8.80. The number of anilines is 1. The Bertz CT molecular complexity index is 514. The minimum absolute atomic E-state index is 0.0876. The van der Waals surface area contributed by atoms with Crippen LogP contribution < -0.4 is 5.32 Å². The molecular weight excluding hydrogens is 314 g/mol. The summed E-state index contributed by atoms with van der Waals surface area (Å²) in [5, 5.41) is 13.4. The van der Waals surface area contributed by atoms with Gasteiger partial charge in [-0.25, -0.2) is 4.79 Å². The predicted molar refractivity (Wildman–Crippen MR) is 104 cm³/mol. The zero-order chi connectivity index (χ0) is 18.7. The average Bonchev–Trinajstić information content (AvgIpc) is 2.55. The van der Waals surface area contributed by atoms with Crippen molar-refractivity contribution in [1.29, 1.82) is 0 Å². The van der Waals surface area contributed by atoms with Crippen molar-refractivity contribution >= 4 is 11.7 Å². The number of nitrogens with one attached hydrogen (secondary N) is 1. The van der Waals surface area contributed by atoms with E-state index in [2.05, 4.69) is 33.0 Å². The van der Waals surface area contributed by atoms with Crippen LogP contribution in [0, 0.1) is 5.92 Å². The topological polar surface area (TPSA) is 58.6 Å². The molecule has 142 valence electrons. The van der Waals surface area contributed by atoms with Crippen molar-refractivity contribution in [3.8, 4) is 5.75 Å². The number of aromatic hydroxyl groups is 1. The minimum atomic E-state index is -0.370. The average molecular weight is 350 g/mol. The molecule has 1 unspecified atom stereocenters. The smallest absolute Gasteiger partial charge is 0.338 e. The molecule has 1 aromatic rings. The van der Waals surface area contributed by atoms with Crippen LogP contribution in [-0.2, 0) is 4.74 Å². The normalized spacial score (nSPS) is 12.2. The first-order chi connectivity index (χ1) is 11.9. The van der Waals surface area contributed by atoms with Crippen molar-refractivity contribution in [3.63, 3.8) is 0 Å². The summed E-state index contributed by atoms with van der Waals surface area (Å²) in [4.78, 5) is 12.1. The van der Waals surface area contributed by atoms with Crippen LogP contribution in [0.2, 0.25) is 0 Å². The van der Waals surface area contributed by atoms with Crippen molar-refractivity contribution in [2.45, 2.75) is 78.7 Å². The van der Waals surface area contributed by atoms with Crippen molar-refractivity contribution in [2.75, 3.05) is 11.9 Å². The van der Waals surface area contributed by atoms with E-state index in [-0.39, 0.29) is 17.8 Å². The van der Waals surface area contributed by atoms with Crippen LogP contribution in [0.4, 0.5) is 5.69 Å². The van der Waals surface area contributed by atoms with E-state index in [1.165, 1.54) is 31.7 Å². The van der Waals surface area contributed by atoms with Crippen LogP contribution in [-0.4, -0.2) is 23.7 Å². The second-order valence-electron chi connectivity index (χ2n) is 7.31. The molecule has 0 heterocycles. The summed E-state index contributed by atoms with van der Waals surface area (Å²) in [6.07, 6.45) is 7.96. The van der Waals surface area contributed by atoms with Gasteiger partial charge in [0.05, 0.1) is 17.9 Å². The second-order valence-corrected chi connectivity index (χ2v) is 7.31. The number of esters is 1. The number of phenols is 1. The van der Waals surface area contributed by atoms with Crippen LogP contribution >= 0.6 is 0 Å². The fourth-order valence-corrected chi connectivity index (χ4v) is 2.94. The highest BCUT2D eigenvalue weighted by atomic mass is 16.5. The van der Waals surface area contributed by atoms with Crippen LogP contribution in [0.1, 0.15) is 83.0 Å². The van der Waals surface area contributed by atoms with Crippen LogP contribution in [0.3, 0.4) is 0 Å². The maximum Gasteiger partial charge on any atom is 0.338 e. The van der Waals surface area contributed by atoms with E-state index in [1.54, 1.807) is 12.1 Å². The first kappa shape index (κ1) is 21.3. The van der Waals surface area contributed by atoms with Gasteiger partial charge in [0, 0.05) is 6.04 Å². The van der Waals surface area contributed by atoms with Crippen molar-refractivity contribution in [2.24, 2.45) is 5.92 Å². The minimum Gasteiger partial charge on any atom is -0.506 e. The van der Waals surface area contributed by atoms with Crippen LogP contribution in [0.5, 0.6) is 5.75 Å². The standard InChI is InChI=1S/C21H35NO3/c1-5-6-7-8-9-10-13-25-21(24)18-11-12-19(20(23)15-18)22-17(4)14-16(2)3/h11-12,15-17,22-23H,5-10,13-14H2,1-4H3. The lowest BCUT2D eigenvalue weighted by Gasteiger charge is -2.18. The van der Waals surface area contributed by atoms with Gasteiger partial charge in [-0.1, -0.05) is 52.9 Å². The highest BCUT2D eigenvalue weighted by Crippen LogP contribution is 2.26. The van der Waals surface area contributed by atoms with E-state index < -0.39 is 0 Å². The van der Waals surface area contributed by atoms with Gasteiger partial charge in [0.15, 0.2) is 0 Å². The van der Waals surface area contributed by atoms with Gasteiger partial charge in [-0.05, 0) is 43.9 Å². The Labute approximate surface area is 153 Å². The molecule has 0 amide bonds. The fraction of sp³-hybridized carbons (Fsp3) is 0.667. The fourth-order valence-electron chi connectivity index (χ4n) is 2.94. The molecule has 0 aliphatic carbocycles. The third-order valence-corrected chi connectivity index (χ3v) is 4.19. The summed E-state index contributed by atoms with van der Waals surface area (Å²) in [5.74, 6) is 0.302. The molecule has 0 fully saturated rings. The largest absolute Gasteiger partial charge is 0.506 e. The van der Waals surface area contributed by atoms with Crippen LogP contribution in [0.25, 0.3) is 0 Å². The molecule has 0 aromatic heterocycles. The van der Waals surface area contributed by atoms with E-state index in [0.29, 0.717) is 23.8 Å². The van der Waals surface area contributed by atoms with E-state index in [4.69, 9.17) is 4.74 Å². The van der Waals surface area contributed by atoms with Gasteiger partial charge in [0.25, 0.3) is 0 Å². The Morgan fingerprint density at radius 3 is 2.44 bits per heavy atom. The van der Waals surface area contributed by atoms with Crippen molar-refractivity contribution in [1.82, 2.24) is 0 Å². The lowest BCUT2D eigenvalue weighted by atomic mass is 10.0. The predicted octanol–water partition coefficient (Wildman–Crippen LogP) is 5.76. The van der Waals surface area contributed by atoms with Crippen LogP contribution in [0.15, 0.2) is 18.2 Å². The van der Waals surface area contributed by atoms with Crippen molar-refractivity contribution < 1.29 is 14.6 Å². The van der Waals surface area contributed by atoms with Gasteiger partial charge >= 0.3 is 5.97 Å². The molecule has 0 radical (unpaired) electrons. The number of ether oxygens (including phenoxy) is 1. The zero-order valence-electron chi connectivity index (χ0n) is 16.3. The molecule has 2 N–H and O–H groups in total. The molecule has 25 heavy (non-hydrogen) atoms. The molecule has 0 saturated carbocycles. The highest BCUT2D eigenvalue weighted by Gasteiger charge is 2.12. The third-order valence-electron chi connectivity index (χ3n) is 4.19. The van der Waals surface area contributed by atoms with Gasteiger partial charge < -0.3 is 15.2 Å². The number of hydrogen-bond donors (Lipinski definition) is 2. The summed E-state index contributed by atoms with van der Waals surface area (Å²) < 4.78 is 5.29. The van der Waals surface area contributed by atoms with Gasteiger partial charge in [-0.15, -0.1) is 0 Å². The maximum atomic E-state index is 12.1. The quantitative estimate of drug-likeness (QED) is 0.286. The van der Waals surface area contributed by atoms with E-state index in [0.717, 1.165) is 19.3 Å². The molecule has 1 rings (SSSR count). The molecule has 0 aliphatic heterocycles. The Morgan fingerprint density at radius 2 is 1.80 bits per heavy atom. The zero-order valence-corrected chi connectivity index (χ0v) is 16.3. The van der Waals surface area contributed by atoms with Crippen molar-refractivity contribution in [3.05, 3.63) is 23.8 Å². The number of phenolic OH excluding ortho intramolecular Hbond substituents is 1. The first-order valence-electron chi connectivity index (χ1n) is 9.70. The van der Waals surface area contributed by atoms with E-state index in [1.807, 2.05) is 0 Å². The molecule has 0 aliphatic rings. The summed E-state index contributed by atoms with van der Waals surface area (Å²) in [7, 11) is 0. The molecular formula is C21H35NO3. The molecule has 4 heteroatoms. The number of carbonyl (C=O) groups excluding carboxylic acids is 1. The summed E-state index contributed by atoms with van der Waals surface area (Å²) in [6, 6.07) is 5.19. The molecule has 1 atom stereocenters. The number of hydrogen-bond acceptors (Lipinski definition) is 4. The lowest BCUT2D eigenvalue weighted by molar-refractivity contribution is 0.0497. The van der Waals surface area contributed by atoms with Gasteiger partial charge in [0.2, 0.25) is 0 Å². The number of unbranched alkanes of at least 4 members (excludes halogenated alkanes) is 5. The molecule has 0 saturated heterocycles. The second kappa shape index (κ2) is 11.8. The lowest BCUT2D eigenvalue weighted by Crippen LogP contribution is -2.17. The Balaban J connectivity index is 2.40. The maximum absolute atomic E-state index is 12.1. The Morgan fingerprint density at radius 1 is 1.12 bits per heavy atom. The molecule has 0 bridgehead atoms. The first-order valence-corrected chi connectivity index (χ1v) is 9.70. The molecule has 0 spiro atoms. The Hall–Kier alpha value is -1.71. The monoisotopic (exact) mass is 349 g/mol. The summed E-state index contributed by atoms with van der Waals surface area (Å²) >= 11 is 0. The SMILES string of the molecule is CCCCCCCCOC(=O)c1ccc(NC(C)CC(C)C)c(O)c1. The molecule has 4 nitrogen and oxygen atoms in total. The molecule has 1 aromatic carbocycles. The Kier molecular flexibility index (Phi) is 10.0. The van der Waals surface area contributed by atoms with E-state index >= 15 is 0 Å². The number of rotatable bonds is 12. The summed E-state index contributed by atoms with van der Waals surface area (Å²) in [5.41, 5.74) is 1.05. The van der Waals surface area contributed by atoms with Gasteiger partial charge in [0.1, 0.15) is 5.75 Å². The number of benzene rings is 1. The highest BCUT2D eigenvalue weighted by molar-refractivity contribution is 5.90. The summed E-state index contributed by atoms with van der Waals surface area (Å²) in [6.45, 7) is 9.06. The van der Waals surface area contributed by atoms with Gasteiger partial charge in [-0.3, -0.25) is 0 Å². The van der Waals surface area contributed by atoms with E-state index in [9.17, 15) is 9.90 Å². The number of carbonyl (C=O) groups is 1. The van der Waals surface area contributed by atoms with Gasteiger partial charge in [-0.2, -0.15) is 0 Å².